The molecular formula is C27H43N5O2. The normalized spacial score (nSPS) is 20.1. The maximum absolute atomic E-state index is 11.8. The fraction of sp³-hybridized carbons (Fsp3) is 0.630. The number of amides is 1. The Morgan fingerprint density at radius 2 is 2.00 bits per heavy atom. The van der Waals surface area contributed by atoms with E-state index in [4.69, 9.17) is 15.5 Å². The summed E-state index contributed by atoms with van der Waals surface area (Å²) in [7, 11) is 1.79. The van der Waals surface area contributed by atoms with Gasteiger partial charge in [0.2, 0.25) is 5.91 Å². The number of hydrogen-bond acceptors (Lipinski definition) is 6. The lowest BCUT2D eigenvalue weighted by Gasteiger charge is -2.35. The third-order valence-electron chi connectivity index (χ3n) is 7.16. The van der Waals surface area contributed by atoms with E-state index < -0.39 is 0 Å². The fourth-order valence-corrected chi connectivity index (χ4v) is 4.77. The molecule has 2 saturated heterocycles. The molecule has 2 fully saturated rings. The zero-order chi connectivity index (χ0) is 24.3. The molecule has 0 saturated carbocycles. The SMILES string of the molecule is C/C=C(\C=N/C(C)N1CCC(CCN2CCOCC2)CC1)c1cccc(CN(C)C(=O)CN)c1. The Morgan fingerprint density at radius 3 is 2.68 bits per heavy atom. The Morgan fingerprint density at radius 1 is 1.26 bits per heavy atom. The van der Waals surface area contributed by atoms with Crippen LogP contribution in [0.25, 0.3) is 5.57 Å². The summed E-state index contributed by atoms with van der Waals surface area (Å²) in [6.45, 7) is 12.2. The van der Waals surface area contributed by atoms with E-state index in [1.54, 1.807) is 11.9 Å². The van der Waals surface area contributed by atoms with E-state index in [1.807, 2.05) is 25.3 Å². The second-order valence-corrected chi connectivity index (χ2v) is 9.53. The van der Waals surface area contributed by atoms with Crippen LogP contribution in [0.15, 0.2) is 35.3 Å². The molecule has 0 aliphatic carbocycles. The zero-order valence-corrected chi connectivity index (χ0v) is 21.3. The number of aliphatic imine (C=N–C) groups is 1. The molecule has 2 heterocycles. The van der Waals surface area contributed by atoms with Gasteiger partial charge in [-0.2, -0.15) is 0 Å². The average Bonchev–Trinajstić information content (AvgIpc) is 2.88. The van der Waals surface area contributed by atoms with Crippen LogP contribution in [0.1, 0.15) is 44.2 Å². The van der Waals surface area contributed by atoms with Gasteiger partial charge in [-0.15, -0.1) is 0 Å². The number of allylic oxidation sites excluding steroid dienone is 2. The third-order valence-corrected chi connectivity index (χ3v) is 7.16. The molecule has 1 atom stereocenters. The molecule has 0 radical (unpaired) electrons. The van der Waals surface area contributed by atoms with Crippen LogP contribution in [0.5, 0.6) is 0 Å². The summed E-state index contributed by atoms with van der Waals surface area (Å²) >= 11 is 0. The first-order valence-corrected chi connectivity index (χ1v) is 12.8. The van der Waals surface area contributed by atoms with Gasteiger partial charge in [0, 0.05) is 46.0 Å². The van der Waals surface area contributed by atoms with Gasteiger partial charge in [0.15, 0.2) is 0 Å². The Bertz CT molecular complexity index is 826. The summed E-state index contributed by atoms with van der Waals surface area (Å²) in [4.78, 5) is 23.4. The van der Waals surface area contributed by atoms with Crippen molar-refractivity contribution < 1.29 is 9.53 Å². The average molecular weight is 470 g/mol. The van der Waals surface area contributed by atoms with E-state index in [0.29, 0.717) is 6.54 Å². The number of ether oxygens (including phenoxy) is 1. The number of carbonyl (C=O) groups is 1. The first kappa shape index (κ1) is 26.5. The highest BCUT2D eigenvalue weighted by atomic mass is 16.5. The van der Waals surface area contributed by atoms with Crippen LogP contribution in [0.3, 0.4) is 0 Å². The molecule has 0 spiro atoms. The van der Waals surface area contributed by atoms with Gasteiger partial charge < -0.3 is 15.4 Å². The maximum Gasteiger partial charge on any atom is 0.236 e. The number of hydrogen-bond donors (Lipinski definition) is 1. The largest absolute Gasteiger partial charge is 0.379 e. The Balaban J connectivity index is 1.48. The number of nitrogens with two attached hydrogens (primary N) is 1. The highest BCUT2D eigenvalue weighted by Crippen LogP contribution is 2.23. The molecule has 2 N–H and O–H groups in total. The molecular weight excluding hydrogens is 426 g/mol. The van der Waals surface area contributed by atoms with Crippen LogP contribution < -0.4 is 5.73 Å². The van der Waals surface area contributed by atoms with Crippen LogP contribution in [0.2, 0.25) is 0 Å². The molecule has 2 aliphatic heterocycles. The monoisotopic (exact) mass is 469 g/mol. The number of likely N-dealkylation sites (tertiary alicyclic amines) is 1. The van der Waals surface area contributed by atoms with Gasteiger partial charge >= 0.3 is 0 Å². The molecule has 7 heteroatoms. The van der Waals surface area contributed by atoms with Crippen molar-refractivity contribution in [1.29, 1.82) is 0 Å². The van der Waals surface area contributed by atoms with Crippen molar-refractivity contribution >= 4 is 17.7 Å². The summed E-state index contributed by atoms with van der Waals surface area (Å²) in [6, 6.07) is 8.31. The van der Waals surface area contributed by atoms with E-state index in [-0.39, 0.29) is 18.6 Å². The zero-order valence-electron chi connectivity index (χ0n) is 21.3. The number of morpholine rings is 1. The molecule has 1 unspecified atom stereocenters. The topological polar surface area (TPSA) is 74.4 Å². The van der Waals surface area contributed by atoms with Crippen LogP contribution >= 0.6 is 0 Å². The van der Waals surface area contributed by atoms with Crippen LogP contribution in [-0.4, -0.2) is 92.5 Å². The van der Waals surface area contributed by atoms with Gasteiger partial charge in [-0.05, 0) is 68.3 Å². The minimum atomic E-state index is -0.0584. The molecule has 3 rings (SSSR count). The molecule has 2 aliphatic rings. The number of nitrogens with zero attached hydrogens (tertiary/aromatic N) is 4. The Labute approximate surface area is 205 Å². The number of carbonyl (C=O) groups excluding carboxylic acids is 1. The molecule has 1 amide bonds. The first-order valence-electron chi connectivity index (χ1n) is 12.8. The highest BCUT2D eigenvalue weighted by Gasteiger charge is 2.23. The van der Waals surface area contributed by atoms with E-state index in [1.165, 1.54) is 25.8 Å². The van der Waals surface area contributed by atoms with Gasteiger partial charge in [0.25, 0.3) is 0 Å². The van der Waals surface area contributed by atoms with Gasteiger partial charge in [-0.1, -0.05) is 24.3 Å². The molecule has 188 valence electrons. The molecule has 34 heavy (non-hydrogen) atoms. The molecule has 0 bridgehead atoms. The molecule has 7 nitrogen and oxygen atoms in total. The first-order chi connectivity index (χ1) is 16.5. The molecule has 1 aromatic rings. The Kier molecular flexibility index (Phi) is 10.7. The van der Waals surface area contributed by atoms with Crippen molar-refractivity contribution in [1.82, 2.24) is 14.7 Å². The fourth-order valence-electron chi connectivity index (χ4n) is 4.77. The number of rotatable bonds is 10. The summed E-state index contributed by atoms with van der Waals surface area (Å²) < 4.78 is 5.46. The van der Waals surface area contributed by atoms with E-state index in [0.717, 1.165) is 62.0 Å². The summed E-state index contributed by atoms with van der Waals surface area (Å²) in [6.07, 6.45) is 8.10. The van der Waals surface area contributed by atoms with Gasteiger partial charge in [-0.3, -0.25) is 19.6 Å². The van der Waals surface area contributed by atoms with Gasteiger partial charge in [-0.25, -0.2) is 0 Å². The van der Waals surface area contributed by atoms with Crippen molar-refractivity contribution in [3.05, 3.63) is 41.5 Å². The third kappa shape index (κ3) is 8.01. The van der Waals surface area contributed by atoms with E-state index in [2.05, 4.69) is 34.9 Å². The predicted octanol–water partition coefficient (Wildman–Crippen LogP) is 2.86. The predicted molar refractivity (Wildman–Crippen MR) is 140 cm³/mol. The second-order valence-electron chi connectivity index (χ2n) is 9.53. The van der Waals surface area contributed by atoms with Crippen molar-refractivity contribution in [2.24, 2.45) is 16.6 Å². The minimum Gasteiger partial charge on any atom is -0.379 e. The summed E-state index contributed by atoms with van der Waals surface area (Å²) in [5, 5.41) is 0. The van der Waals surface area contributed by atoms with Crippen molar-refractivity contribution in [3.63, 3.8) is 0 Å². The van der Waals surface area contributed by atoms with Crippen molar-refractivity contribution in [3.8, 4) is 0 Å². The van der Waals surface area contributed by atoms with Gasteiger partial charge in [0.1, 0.15) is 0 Å². The summed E-state index contributed by atoms with van der Waals surface area (Å²) in [5.41, 5.74) is 8.78. The highest BCUT2D eigenvalue weighted by molar-refractivity contribution is 6.09. The van der Waals surface area contributed by atoms with Crippen molar-refractivity contribution in [2.75, 3.05) is 59.5 Å². The van der Waals surface area contributed by atoms with Crippen LogP contribution in [0, 0.1) is 5.92 Å². The number of piperidine rings is 1. The summed E-state index contributed by atoms with van der Waals surface area (Å²) in [5.74, 6) is 0.769. The Hall–Kier alpha value is -2.06. The maximum atomic E-state index is 11.8. The lowest BCUT2D eigenvalue weighted by molar-refractivity contribution is -0.128. The van der Waals surface area contributed by atoms with Gasteiger partial charge in [0.05, 0.1) is 25.9 Å². The number of benzene rings is 1. The van der Waals surface area contributed by atoms with Crippen LogP contribution in [0.4, 0.5) is 0 Å². The molecule has 0 aromatic heterocycles. The van der Waals surface area contributed by atoms with Crippen LogP contribution in [-0.2, 0) is 16.1 Å². The standard InChI is InChI=1S/C27H43N5O2/c1-4-25(26-7-5-6-24(18-26)21-30(3)27(33)19-28)20-29-22(2)32-12-9-23(10-13-32)8-11-31-14-16-34-17-15-31/h4-7,18,20,22-23H,8-17,19,21,28H2,1-3H3/b25-4+,29-20-. The lowest BCUT2D eigenvalue weighted by Crippen LogP contribution is -2.41. The number of likely N-dealkylation sites (N-methyl/N-ethyl adjacent to an activating group) is 1. The smallest absolute Gasteiger partial charge is 0.236 e. The second kappa shape index (κ2) is 13.7. The molecule has 1 aromatic carbocycles. The van der Waals surface area contributed by atoms with Crippen molar-refractivity contribution in [2.45, 2.75) is 45.8 Å². The lowest BCUT2D eigenvalue weighted by atomic mass is 9.93. The van der Waals surface area contributed by atoms with E-state index in [9.17, 15) is 4.79 Å². The van der Waals surface area contributed by atoms with E-state index >= 15 is 0 Å². The minimum absolute atomic E-state index is 0.0337. The quantitative estimate of drug-likeness (QED) is 0.534.